The molecule has 2 heterocycles. The van der Waals surface area contributed by atoms with Crippen molar-refractivity contribution < 1.29 is 27.6 Å². The maximum atomic E-state index is 13.0. The van der Waals surface area contributed by atoms with Gasteiger partial charge in [0, 0.05) is 48.2 Å². The van der Waals surface area contributed by atoms with Crippen LogP contribution in [0, 0.1) is 0 Å². The lowest BCUT2D eigenvalue weighted by Crippen LogP contribution is -2.45. The predicted octanol–water partition coefficient (Wildman–Crippen LogP) is 4.61. The fourth-order valence-corrected chi connectivity index (χ4v) is 4.57. The first-order chi connectivity index (χ1) is 17.6. The predicted molar refractivity (Wildman–Crippen MR) is 132 cm³/mol. The highest BCUT2D eigenvalue weighted by atomic mass is 19.4. The topological polar surface area (TPSA) is 79.7 Å². The quantitative estimate of drug-likeness (QED) is 0.483. The number of hydrogen-bond acceptors (Lipinski definition) is 6. The van der Waals surface area contributed by atoms with Gasteiger partial charge in [0.15, 0.2) is 0 Å². The Hall–Kier alpha value is -3.86. The molecule has 0 saturated heterocycles. The molecular formula is C26H28F3N5O3. The van der Waals surface area contributed by atoms with E-state index in [2.05, 4.69) is 20.2 Å². The number of carbonyl (C=O) groups excluding carboxylic acids is 2. The van der Waals surface area contributed by atoms with Gasteiger partial charge in [-0.15, -0.1) is 0 Å². The molecule has 0 bridgehead atoms. The molecular weight excluding hydrogens is 487 g/mol. The number of nitrogens with zero attached hydrogens (tertiary/aromatic N) is 4. The molecule has 1 N–H and O–H groups in total. The molecule has 1 amide bonds. The maximum Gasteiger partial charge on any atom is 0.493 e. The lowest BCUT2D eigenvalue weighted by molar-refractivity contribution is -0.244. The number of amides is 1. The van der Waals surface area contributed by atoms with Crippen LogP contribution in [0.5, 0.6) is 0 Å². The second kappa shape index (κ2) is 10.6. The normalized spacial score (nSPS) is 17.3. The van der Waals surface area contributed by atoms with E-state index in [-0.39, 0.29) is 12.5 Å². The number of halogens is 3. The Morgan fingerprint density at radius 1 is 1.16 bits per heavy atom. The molecule has 2 unspecified atom stereocenters. The third-order valence-corrected chi connectivity index (χ3v) is 6.25. The summed E-state index contributed by atoms with van der Waals surface area (Å²) in [5.74, 6) is -3.25. The van der Waals surface area contributed by atoms with Gasteiger partial charge in [0.1, 0.15) is 0 Å². The number of anilines is 2. The minimum Gasteiger partial charge on any atom is -0.338 e. The number of rotatable bonds is 6. The number of likely N-dealkylation sites (N-methyl/N-ethyl adjacent to an activating group) is 1. The largest absolute Gasteiger partial charge is 0.493 e. The van der Waals surface area contributed by atoms with Gasteiger partial charge in [-0.2, -0.15) is 23.3 Å². The van der Waals surface area contributed by atoms with E-state index < -0.39 is 24.1 Å². The third-order valence-electron chi connectivity index (χ3n) is 6.25. The highest BCUT2D eigenvalue weighted by Crippen LogP contribution is 2.45. The zero-order valence-electron chi connectivity index (χ0n) is 20.7. The first kappa shape index (κ1) is 26.2. The standard InChI is InChI=1S/C26H28F3N5O3/c1-17-13-24(34(18(2)35)37-25(36)26(27,28)29)22-14-19(20-15-31-32(16-20)12-11-30-3)9-10-23(22)33(17)21-7-5-4-6-8-21/h4-10,14-17,24,30H,11-13H2,1-3H3. The van der Waals surface area contributed by atoms with E-state index >= 15 is 0 Å². The number of nitrogens with one attached hydrogen (secondary N) is 1. The number of alkyl halides is 3. The zero-order valence-corrected chi connectivity index (χ0v) is 20.7. The van der Waals surface area contributed by atoms with Crippen molar-refractivity contribution in [3.05, 3.63) is 66.5 Å². The molecule has 2 aromatic carbocycles. The zero-order chi connectivity index (χ0) is 26.7. The maximum absolute atomic E-state index is 13.0. The van der Waals surface area contributed by atoms with Crippen LogP contribution in [0.2, 0.25) is 0 Å². The van der Waals surface area contributed by atoms with Crippen molar-refractivity contribution >= 4 is 23.3 Å². The van der Waals surface area contributed by atoms with E-state index in [0.717, 1.165) is 30.3 Å². The van der Waals surface area contributed by atoms with Crippen LogP contribution in [0.3, 0.4) is 0 Å². The molecule has 1 aliphatic rings. The van der Waals surface area contributed by atoms with Gasteiger partial charge < -0.3 is 15.1 Å². The summed E-state index contributed by atoms with van der Waals surface area (Å²) < 4.78 is 40.9. The lowest BCUT2D eigenvalue weighted by Gasteiger charge is -2.43. The first-order valence-corrected chi connectivity index (χ1v) is 11.8. The van der Waals surface area contributed by atoms with Crippen LogP contribution >= 0.6 is 0 Å². The number of hydroxylamine groups is 2. The van der Waals surface area contributed by atoms with E-state index in [0.29, 0.717) is 22.9 Å². The van der Waals surface area contributed by atoms with Gasteiger partial charge in [0.05, 0.1) is 18.8 Å². The summed E-state index contributed by atoms with van der Waals surface area (Å²) in [5.41, 5.74) is 3.74. The smallest absolute Gasteiger partial charge is 0.338 e. The Morgan fingerprint density at radius 3 is 2.54 bits per heavy atom. The van der Waals surface area contributed by atoms with E-state index in [1.807, 2.05) is 68.7 Å². The number of carbonyl (C=O) groups is 2. The van der Waals surface area contributed by atoms with Crippen LogP contribution in [0.4, 0.5) is 24.5 Å². The summed E-state index contributed by atoms with van der Waals surface area (Å²) in [6.07, 6.45) is -1.42. The van der Waals surface area contributed by atoms with Gasteiger partial charge in [-0.25, -0.2) is 4.79 Å². The number of benzene rings is 2. The fourth-order valence-electron chi connectivity index (χ4n) is 4.57. The molecule has 0 saturated carbocycles. The molecule has 0 spiro atoms. The SMILES string of the molecule is CNCCn1cc(-c2ccc3c(c2)C(N(OC(=O)C(F)(F)F)C(C)=O)CC(C)N3c2ccccc2)cn1. The van der Waals surface area contributed by atoms with Crippen molar-refractivity contribution in [1.82, 2.24) is 20.2 Å². The molecule has 3 aromatic rings. The van der Waals surface area contributed by atoms with Crippen LogP contribution in [-0.2, 0) is 21.0 Å². The second-order valence-electron chi connectivity index (χ2n) is 8.90. The molecule has 196 valence electrons. The van der Waals surface area contributed by atoms with Crippen LogP contribution in [0.25, 0.3) is 11.1 Å². The Bertz CT molecular complexity index is 1260. The van der Waals surface area contributed by atoms with Crippen molar-refractivity contribution in [3.63, 3.8) is 0 Å². The Balaban J connectivity index is 1.80. The molecule has 11 heteroatoms. The highest BCUT2D eigenvalue weighted by Gasteiger charge is 2.45. The minimum absolute atomic E-state index is 0.221. The van der Waals surface area contributed by atoms with Gasteiger partial charge in [-0.1, -0.05) is 24.3 Å². The monoisotopic (exact) mass is 515 g/mol. The van der Waals surface area contributed by atoms with Crippen molar-refractivity contribution in [2.45, 2.75) is 45.1 Å². The molecule has 37 heavy (non-hydrogen) atoms. The highest BCUT2D eigenvalue weighted by molar-refractivity contribution is 5.81. The molecule has 1 aliphatic heterocycles. The average Bonchev–Trinajstić information content (AvgIpc) is 3.34. The van der Waals surface area contributed by atoms with Crippen molar-refractivity contribution in [1.29, 1.82) is 0 Å². The Labute approximate surface area is 212 Å². The number of para-hydroxylation sites is 1. The average molecular weight is 516 g/mol. The van der Waals surface area contributed by atoms with Crippen LogP contribution < -0.4 is 10.2 Å². The van der Waals surface area contributed by atoms with E-state index in [4.69, 9.17) is 0 Å². The number of aromatic nitrogens is 2. The summed E-state index contributed by atoms with van der Waals surface area (Å²) in [6.45, 7) is 4.38. The van der Waals surface area contributed by atoms with E-state index in [9.17, 15) is 22.8 Å². The van der Waals surface area contributed by atoms with Crippen molar-refractivity contribution in [2.75, 3.05) is 18.5 Å². The third kappa shape index (κ3) is 5.61. The van der Waals surface area contributed by atoms with E-state index in [1.165, 1.54) is 0 Å². The summed E-state index contributed by atoms with van der Waals surface area (Å²) >= 11 is 0. The summed E-state index contributed by atoms with van der Waals surface area (Å²) in [6, 6.07) is 14.0. The number of fused-ring (bicyclic) bond motifs is 1. The molecule has 1 aromatic heterocycles. The number of hydrogen-bond donors (Lipinski definition) is 1. The van der Waals surface area contributed by atoms with Crippen molar-refractivity contribution in [3.8, 4) is 11.1 Å². The second-order valence-corrected chi connectivity index (χ2v) is 8.90. The van der Waals surface area contributed by atoms with Crippen LogP contribution in [0.1, 0.15) is 31.9 Å². The fraction of sp³-hybridized carbons (Fsp3) is 0.346. The van der Waals surface area contributed by atoms with E-state index in [1.54, 1.807) is 10.9 Å². The minimum atomic E-state index is -5.24. The van der Waals surface area contributed by atoms with Crippen LogP contribution in [-0.4, -0.2) is 52.5 Å². The molecule has 0 fully saturated rings. The molecule has 0 radical (unpaired) electrons. The van der Waals surface area contributed by atoms with Crippen LogP contribution in [0.15, 0.2) is 60.9 Å². The Morgan fingerprint density at radius 2 is 1.89 bits per heavy atom. The molecule has 2 atom stereocenters. The van der Waals surface area contributed by atoms with Gasteiger partial charge in [0.25, 0.3) is 5.91 Å². The lowest BCUT2D eigenvalue weighted by atomic mass is 9.88. The summed E-state index contributed by atoms with van der Waals surface area (Å²) in [7, 11) is 1.85. The summed E-state index contributed by atoms with van der Waals surface area (Å²) in [4.78, 5) is 30.9. The molecule has 8 nitrogen and oxygen atoms in total. The van der Waals surface area contributed by atoms with Gasteiger partial charge >= 0.3 is 12.1 Å². The van der Waals surface area contributed by atoms with Gasteiger partial charge in [-0.05, 0) is 50.2 Å². The van der Waals surface area contributed by atoms with Crippen molar-refractivity contribution in [2.24, 2.45) is 0 Å². The van der Waals surface area contributed by atoms with Gasteiger partial charge in [0.2, 0.25) is 0 Å². The molecule has 4 rings (SSSR count). The van der Waals surface area contributed by atoms with Gasteiger partial charge in [-0.3, -0.25) is 9.48 Å². The molecule has 0 aliphatic carbocycles. The Kier molecular flexibility index (Phi) is 7.53. The first-order valence-electron chi connectivity index (χ1n) is 11.8. The summed E-state index contributed by atoms with van der Waals surface area (Å²) in [5, 5.41) is 7.98.